The number of phenols is 1. The lowest BCUT2D eigenvalue weighted by atomic mass is 9.88. The topological polar surface area (TPSA) is 122 Å². The summed E-state index contributed by atoms with van der Waals surface area (Å²) in [4.78, 5) is 8.42. The number of hydrogen-bond donors (Lipinski definition) is 3. The number of anilines is 1. The van der Waals surface area contributed by atoms with Gasteiger partial charge in [0.15, 0.2) is 5.82 Å². The average Bonchev–Trinajstić information content (AvgIpc) is 2.92. The Morgan fingerprint density at radius 1 is 1.21 bits per heavy atom. The van der Waals surface area contributed by atoms with E-state index in [9.17, 15) is 23.5 Å². The highest BCUT2D eigenvalue weighted by molar-refractivity contribution is 5.68. The van der Waals surface area contributed by atoms with Gasteiger partial charge in [0.2, 0.25) is 0 Å². The predicted molar refractivity (Wildman–Crippen MR) is 102 cm³/mol. The van der Waals surface area contributed by atoms with Crippen molar-refractivity contribution in [1.29, 1.82) is 5.26 Å². The number of aromatic hydroxyl groups is 1. The number of alkyl halides is 3. The molecule has 1 heterocycles. The van der Waals surface area contributed by atoms with Gasteiger partial charge in [-0.25, -0.2) is 9.97 Å². The van der Waals surface area contributed by atoms with Gasteiger partial charge >= 0.3 is 6.18 Å². The van der Waals surface area contributed by atoms with Gasteiger partial charge in [-0.3, -0.25) is 0 Å². The Labute approximate surface area is 166 Å². The van der Waals surface area contributed by atoms with E-state index in [2.05, 4.69) is 9.97 Å². The first-order chi connectivity index (χ1) is 13.7. The summed E-state index contributed by atoms with van der Waals surface area (Å²) in [6, 6.07) is 4.54. The Morgan fingerprint density at radius 3 is 2.59 bits per heavy atom. The van der Waals surface area contributed by atoms with Crippen molar-refractivity contribution in [3.8, 4) is 23.2 Å². The smallest absolute Gasteiger partial charge is 0.416 e. The van der Waals surface area contributed by atoms with Crippen molar-refractivity contribution in [2.24, 2.45) is 11.7 Å². The Bertz CT molecular complexity index is 939. The van der Waals surface area contributed by atoms with Crippen molar-refractivity contribution >= 4 is 5.82 Å². The Balaban J connectivity index is 2.13. The van der Waals surface area contributed by atoms with Crippen molar-refractivity contribution < 1.29 is 18.3 Å². The van der Waals surface area contributed by atoms with Gasteiger partial charge in [0.05, 0.1) is 16.8 Å². The second kappa shape index (κ2) is 8.25. The van der Waals surface area contributed by atoms with Gasteiger partial charge in [0.1, 0.15) is 23.2 Å². The predicted octanol–water partition coefficient (Wildman–Crippen LogP) is 3.94. The number of nitrogen functional groups attached to an aromatic ring is 1. The van der Waals surface area contributed by atoms with Gasteiger partial charge in [-0.05, 0) is 49.9 Å². The molecule has 3 rings (SSSR count). The van der Waals surface area contributed by atoms with Gasteiger partial charge in [0.25, 0.3) is 0 Å². The normalized spacial score (nSPS) is 20.1. The molecule has 1 fully saturated rings. The molecule has 6 nitrogen and oxygen atoms in total. The van der Waals surface area contributed by atoms with E-state index in [-0.39, 0.29) is 34.6 Å². The zero-order valence-corrected chi connectivity index (χ0v) is 15.7. The van der Waals surface area contributed by atoms with Crippen LogP contribution in [0.4, 0.5) is 19.0 Å². The largest absolute Gasteiger partial charge is 0.507 e. The van der Waals surface area contributed by atoms with Crippen LogP contribution in [0.1, 0.15) is 54.8 Å². The van der Waals surface area contributed by atoms with Crippen LogP contribution in [0.15, 0.2) is 18.2 Å². The number of nitriles is 1. The first-order valence-electron chi connectivity index (χ1n) is 9.42. The molecule has 0 amide bonds. The number of aromatic nitrogens is 2. The Morgan fingerprint density at radius 2 is 1.93 bits per heavy atom. The molecule has 0 aliphatic heterocycles. The third-order valence-electron chi connectivity index (χ3n) is 5.39. The van der Waals surface area contributed by atoms with Crippen LogP contribution in [0.2, 0.25) is 0 Å². The van der Waals surface area contributed by atoms with Crippen LogP contribution in [-0.4, -0.2) is 21.6 Å². The van der Waals surface area contributed by atoms with Crippen molar-refractivity contribution in [2.45, 2.75) is 44.2 Å². The van der Waals surface area contributed by atoms with Gasteiger partial charge < -0.3 is 16.6 Å². The van der Waals surface area contributed by atoms with E-state index in [0.717, 1.165) is 50.3 Å². The fraction of sp³-hybridized carbons (Fsp3) is 0.450. The van der Waals surface area contributed by atoms with E-state index in [0.29, 0.717) is 12.2 Å². The minimum absolute atomic E-state index is 0.0994. The highest BCUT2D eigenvalue weighted by Gasteiger charge is 2.32. The highest BCUT2D eigenvalue weighted by Crippen LogP contribution is 2.39. The number of hydrogen-bond acceptors (Lipinski definition) is 6. The molecule has 0 bridgehead atoms. The average molecular weight is 405 g/mol. The molecule has 5 N–H and O–H groups in total. The zero-order chi connectivity index (χ0) is 21.2. The number of nitrogens with zero attached hydrogens (tertiary/aromatic N) is 3. The molecule has 1 aromatic heterocycles. The number of benzene rings is 1. The minimum atomic E-state index is -4.58. The SMILES string of the molecule is N#Cc1c(N)nc(-c2cc(C(F)(F)F)ccc2O)nc1C1CCCCC(CN)C1. The van der Waals surface area contributed by atoms with Crippen molar-refractivity contribution in [3.05, 3.63) is 35.0 Å². The Kier molecular flexibility index (Phi) is 5.94. The van der Waals surface area contributed by atoms with E-state index >= 15 is 0 Å². The lowest BCUT2D eigenvalue weighted by Crippen LogP contribution is -2.17. The van der Waals surface area contributed by atoms with E-state index in [1.807, 2.05) is 6.07 Å². The van der Waals surface area contributed by atoms with Gasteiger partial charge in [-0.2, -0.15) is 18.4 Å². The summed E-state index contributed by atoms with van der Waals surface area (Å²) in [6.45, 7) is 0.514. The molecular formula is C20H22F3N5O. The molecule has 29 heavy (non-hydrogen) atoms. The summed E-state index contributed by atoms with van der Waals surface area (Å²) in [5, 5.41) is 19.7. The highest BCUT2D eigenvalue weighted by atomic mass is 19.4. The summed E-state index contributed by atoms with van der Waals surface area (Å²) in [5.74, 6) is -0.464. The lowest BCUT2D eigenvalue weighted by molar-refractivity contribution is -0.137. The molecule has 0 radical (unpaired) electrons. The van der Waals surface area contributed by atoms with E-state index < -0.39 is 17.5 Å². The first kappa shape index (κ1) is 20.9. The maximum Gasteiger partial charge on any atom is 0.416 e. The molecule has 9 heteroatoms. The van der Waals surface area contributed by atoms with Crippen molar-refractivity contribution in [3.63, 3.8) is 0 Å². The molecule has 0 spiro atoms. The van der Waals surface area contributed by atoms with E-state index in [1.165, 1.54) is 0 Å². The molecule has 1 aliphatic carbocycles. The molecule has 1 aromatic carbocycles. The second-order valence-corrected chi connectivity index (χ2v) is 7.35. The van der Waals surface area contributed by atoms with Crippen molar-refractivity contribution in [2.75, 3.05) is 12.3 Å². The van der Waals surface area contributed by atoms with Crippen LogP contribution >= 0.6 is 0 Å². The van der Waals surface area contributed by atoms with Crippen LogP contribution in [0.25, 0.3) is 11.4 Å². The summed E-state index contributed by atoms with van der Waals surface area (Å²) < 4.78 is 39.3. The van der Waals surface area contributed by atoms with Crippen molar-refractivity contribution in [1.82, 2.24) is 9.97 Å². The van der Waals surface area contributed by atoms with E-state index in [1.54, 1.807) is 0 Å². The van der Waals surface area contributed by atoms with Gasteiger partial charge in [-0.15, -0.1) is 0 Å². The fourth-order valence-electron chi connectivity index (χ4n) is 3.84. The molecule has 2 atom stereocenters. The summed E-state index contributed by atoms with van der Waals surface area (Å²) in [5.41, 5.74) is 11.2. The van der Waals surface area contributed by atoms with Crippen LogP contribution < -0.4 is 11.5 Å². The molecule has 154 valence electrons. The second-order valence-electron chi connectivity index (χ2n) is 7.35. The maximum absolute atomic E-state index is 13.1. The molecule has 2 unspecified atom stereocenters. The maximum atomic E-state index is 13.1. The summed E-state index contributed by atoms with van der Waals surface area (Å²) in [6.07, 6.45) is -0.163. The lowest BCUT2D eigenvalue weighted by Gasteiger charge is -2.20. The standard InChI is InChI=1S/C20H22F3N5O/c21-20(22,23)13-5-6-16(29)14(8-13)19-27-17(15(10-25)18(26)28-19)12-4-2-1-3-11(7-12)9-24/h5-6,8,11-12,29H,1-4,7,9,24H2,(H2,26,27,28). The fourth-order valence-corrected chi connectivity index (χ4v) is 3.84. The first-order valence-corrected chi connectivity index (χ1v) is 9.42. The van der Waals surface area contributed by atoms with Crippen LogP contribution in [0, 0.1) is 17.2 Å². The summed E-state index contributed by atoms with van der Waals surface area (Å²) in [7, 11) is 0. The number of halogens is 3. The van der Waals surface area contributed by atoms with Crippen LogP contribution in [0.5, 0.6) is 5.75 Å². The van der Waals surface area contributed by atoms with E-state index in [4.69, 9.17) is 11.5 Å². The molecule has 2 aromatic rings. The van der Waals surface area contributed by atoms with Gasteiger partial charge in [0, 0.05) is 5.92 Å². The minimum Gasteiger partial charge on any atom is -0.507 e. The molecule has 0 saturated heterocycles. The van der Waals surface area contributed by atoms with Crippen LogP contribution in [-0.2, 0) is 6.18 Å². The quantitative estimate of drug-likeness (QED) is 0.665. The molecular weight excluding hydrogens is 383 g/mol. The van der Waals surface area contributed by atoms with Crippen LogP contribution in [0.3, 0.4) is 0 Å². The zero-order valence-electron chi connectivity index (χ0n) is 15.7. The number of nitrogens with two attached hydrogens (primary N) is 2. The Hall–Kier alpha value is -2.86. The monoisotopic (exact) mass is 405 g/mol. The number of phenolic OH excluding ortho intramolecular Hbond substituents is 1. The van der Waals surface area contributed by atoms with Gasteiger partial charge in [-0.1, -0.05) is 12.8 Å². The molecule has 1 saturated carbocycles. The third-order valence-corrected chi connectivity index (χ3v) is 5.39. The molecule has 1 aliphatic rings. The third kappa shape index (κ3) is 4.43. The summed E-state index contributed by atoms with van der Waals surface area (Å²) >= 11 is 0. The number of rotatable bonds is 3.